The number of hydrogen-bond donors (Lipinski definition) is 1. The van der Waals surface area contributed by atoms with Crippen LogP contribution < -0.4 is 25.2 Å². The van der Waals surface area contributed by atoms with Crippen LogP contribution in [-0.4, -0.2) is 45.0 Å². The number of fused-ring (bicyclic) bond motifs is 2. The van der Waals surface area contributed by atoms with E-state index in [0.29, 0.717) is 59.2 Å². The zero-order valence-electron chi connectivity index (χ0n) is 18.1. The quantitative estimate of drug-likeness (QED) is 0.488. The average molecular weight is 445 g/mol. The molecule has 3 heterocycles. The minimum absolute atomic E-state index is 0.224. The molecule has 9 heteroatoms. The maximum absolute atomic E-state index is 13.7. The Labute approximate surface area is 189 Å². The molecule has 1 N–H and O–H groups in total. The molecule has 6 rings (SSSR count). The molecule has 1 aliphatic carbocycles. The Bertz CT molecular complexity index is 1390. The van der Waals surface area contributed by atoms with Crippen molar-refractivity contribution in [1.29, 1.82) is 0 Å². The van der Waals surface area contributed by atoms with Gasteiger partial charge in [0, 0.05) is 12.1 Å². The summed E-state index contributed by atoms with van der Waals surface area (Å²) in [5.41, 5.74) is 1.61. The molecule has 0 bridgehead atoms. The van der Waals surface area contributed by atoms with Crippen molar-refractivity contribution in [1.82, 2.24) is 19.1 Å². The summed E-state index contributed by atoms with van der Waals surface area (Å²) in [6.07, 6.45) is 3.58. The van der Waals surface area contributed by atoms with E-state index < -0.39 is 0 Å². The molecule has 1 saturated carbocycles. The number of imidazole rings is 1. The monoisotopic (exact) mass is 445 g/mol. The van der Waals surface area contributed by atoms with Crippen LogP contribution >= 0.6 is 0 Å². The maximum atomic E-state index is 13.7. The molecule has 0 amide bonds. The molecule has 33 heavy (non-hydrogen) atoms. The molecule has 9 nitrogen and oxygen atoms in total. The first kappa shape index (κ1) is 19.7. The van der Waals surface area contributed by atoms with Crippen LogP contribution in [0.4, 0.5) is 5.95 Å². The molecule has 0 radical (unpaired) electrons. The Balaban J connectivity index is 1.43. The molecule has 0 saturated heterocycles. The van der Waals surface area contributed by atoms with Crippen molar-refractivity contribution in [3.05, 3.63) is 65.2 Å². The van der Waals surface area contributed by atoms with Gasteiger partial charge in [-0.3, -0.25) is 4.57 Å². The van der Waals surface area contributed by atoms with E-state index in [0.717, 1.165) is 12.8 Å². The largest absolute Gasteiger partial charge is 0.497 e. The Morgan fingerprint density at radius 2 is 2.00 bits per heavy atom. The van der Waals surface area contributed by atoms with Crippen LogP contribution in [0.2, 0.25) is 0 Å². The lowest BCUT2D eigenvalue weighted by molar-refractivity contribution is 0.0786. The van der Waals surface area contributed by atoms with Gasteiger partial charge < -0.3 is 19.5 Å². The Morgan fingerprint density at radius 1 is 1.15 bits per heavy atom. The lowest BCUT2D eigenvalue weighted by atomic mass is 10.2. The first-order valence-electron chi connectivity index (χ1n) is 11.0. The third-order valence-electron chi connectivity index (χ3n) is 5.85. The highest BCUT2D eigenvalue weighted by Gasteiger charge is 2.26. The fourth-order valence-corrected chi connectivity index (χ4v) is 4.03. The molecule has 2 aromatic carbocycles. The number of anilines is 1. The van der Waals surface area contributed by atoms with E-state index in [-0.39, 0.29) is 11.8 Å². The summed E-state index contributed by atoms with van der Waals surface area (Å²) in [6.45, 7) is 0.650. The van der Waals surface area contributed by atoms with Gasteiger partial charge in [-0.1, -0.05) is 18.2 Å². The van der Waals surface area contributed by atoms with Crippen LogP contribution in [0.3, 0.4) is 0 Å². The zero-order valence-corrected chi connectivity index (χ0v) is 18.1. The van der Waals surface area contributed by atoms with Crippen LogP contribution in [0.15, 0.2) is 59.5 Å². The third-order valence-corrected chi connectivity index (χ3v) is 5.85. The summed E-state index contributed by atoms with van der Waals surface area (Å²) in [7, 11) is 1.60. The maximum Gasteiger partial charge on any atom is 0.335 e. The van der Waals surface area contributed by atoms with Gasteiger partial charge >= 0.3 is 5.69 Å². The summed E-state index contributed by atoms with van der Waals surface area (Å²) in [5.74, 6) is 2.56. The van der Waals surface area contributed by atoms with Gasteiger partial charge in [0.2, 0.25) is 5.95 Å². The highest BCUT2D eigenvalue weighted by molar-refractivity contribution is 5.74. The number of ether oxygens (including phenoxy) is 3. The second-order valence-corrected chi connectivity index (χ2v) is 8.25. The molecule has 1 fully saturated rings. The number of hydrogen-bond acceptors (Lipinski definition) is 7. The van der Waals surface area contributed by atoms with Gasteiger partial charge in [0.05, 0.1) is 25.5 Å². The number of para-hydroxylation sites is 2. The first-order chi connectivity index (χ1) is 16.2. The number of methoxy groups -OCH3 is 1. The summed E-state index contributed by atoms with van der Waals surface area (Å²) in [6, 6.07) is 15.3. The summed E-state index contributed by atoms with van der Waals surface area (Å²) >= 11 is 0. The van der Waals surface area contributed by atoms with Gasteiger partial charge in [0.1, 0.15) is 17.9 Å². The van der Waals surface area contributed by atoms with Crippen molar-refractivity contribution in [2.45, 2.75) is 31.5 Å². The van der Waals surface area contributed by atoms with Gasteiger partial charge in [0.15, 0.2) is 23.3 Å². The van der Waals surface area contributed by atoms with Gasteiger partial charge in [0.25, 0.3) is 0 Å². The Hall–Kier alpha value is -4.01. The molecular weight excluding hydrogens is 422 g/mol. The van der Waals surface area contributed by atoms with Gasteiger partial charge in [-0.05, 0) is 37.1 Å². The minimum Gasteiger partial charge on any atom is -0.497 e. The van der Waals surface area contributed by atoms with Crippen LogP contribution in [-0.2, 0) is 6.54 Å². The van der Waals surface area contributed by atoms with Gasteiger partial charge in [-0.15, -0.1) is 0 Å². The highest BCUT2D eigenvalue weighted by Crippen LogP contribution is 2.31. The first-order valence-corrected chi connectivity index (χ1v) is 11.0. The molecule has 1 aliphatic heterocycles. The summed E-state index contributed by atoms with van der Waals surface area (Å²) < 4.78 is 20.6. The van der Waals surface area contributed by atoms with Crippen molar-refractivity contribution in [3.63, 3.8) is 0 Å². The van der Waals surface area contributed by atoms with Crippen molar-refractivity contribution < 1.29 is 14.2 Å². The second-order valence-electron chi connectivity index (χ2n) is 8.25. The fourth-order valence-electron chi connectivity index (χ4n) is 4.03. The van der Waals surface area contributed by atoms with Crippen LogP contribution in [0, 0.1) is 0 Å². The number of aromatic nitrogens is 4. The molecular formula is C24H23N5O4. The highest BCUT2D eigenvalue weighted by atomic mass is 16.6. The predicted molar refractivity (Wildman–Crippen MR) is 123 cm³/mol. The second kappa shape index (κ2) is 7.84. The average Bonchev–Trinajstić information content (AvgIpc) is 3.62. The van der Waals surface area contributed by atoms with Crippen LogP contribution in [0.5, 0.6) is 17.2 Å². The van der Waals surface area contributed by atoms with Gasteiger partial charge in [-0.25, -0.2) is 14.3 Å². The minimum atomic E-state index is -0.328. The van der Waals surface area contributed by atoms with Gasteiger partial charge in [-0.2, -0.15) is 4.98 Å². The van der Waals surface area contributed by atoms with Crippen molar-refractivity contribution in [3.8, 4) is 22.9 Å². The standard InChI is InChI=1S/C24H23N5O4/c1-31-17-6-4-5-16(11-17)29-22-19(12-25-23(27-22)26-15-9-10-15)28(24(29)30)13-18-14-32-20-7-2-3-8-21(20)33-18/h2-8,11-12,15,18H,9-10,13-14H2,1H3,(H,25,26,27). The Kier molecular flexibility index (Phi) is 4.67. The van der Waals surface area contributed by atoms with E-state index in [2.05, 4.69) is 10.3 Å². The predicted octanol–water partition coefficient (Wildman–Crippen LogP) is 3.01. The molecule has 1 atom stereocenters. The van der Waals surface area contributed by atoms with Crippen molar-refractivity contribution in [2.75, 3.05) is 19.0 Å². The molecule has 2 aromatic heterocycles. The summed E-state index contributed by atoms with van der Waals surface area (Å²) in [4.78, 5) is 22.8. The van der Waals surface area contributed by atoms with E-state index in [9.17, 15) is 4.79 Å². The van der Waals surface area contributed by atoms with E-state index in [4.69, 9.17) is 19.2 Å². The normalized spacial score (nSPS) is 17.2. The number of rotatable bonds is 6. The number of benzene rings is 2. The number of nitrogens with one attached hydrogen (secondary N) is 1. The Morgan fingerprint density at radius 3 is 2.82 bits per heavy atom. The fraction of sp³-hybridized carbons (Fsp3) is 0.292. The van der Waals surface area contributed by atoms with E-state index in [1.54, 1.807) is 22.4 Å². The molecule has 168 valence electrons. The van der Waals surface area contributed by atoms with E-state index >= 15 is 0 Å². The molecule has 0 spiro atoms. The zero-order chi connectivity index (χ0) is 22.4. The lowest BCUT2D eigenvalue weighted by Gasteiger charge is -2.26. The molecule has 2 aliphatic rings. The van der Waals surface area contributed by atoms with Crippen LogP contribution in [0.1, 0.15) is 12.8 Å². The number of nitrogens with zero attached hydrogens (tertiary/aromatic N) is 4. The van der Waals surface area contributed by atoms with Crippen LogP contribution in [0.25, 0.3) is 16.9 Å². The van der Waals surface area contributed by atoms with Crippen molar-refractivity contribution >= 4 is 17.1 Å². The van der Waals surface area contributed by atoms with E-state index in [1.165, 1.54) is 0 Å². The smallest absolute Gasteiger partial charge is 0.335 e. The SMILES string of the molecule is COc1cccc(-n2c(=O)n(CC3COc4ccccc4O3)c3cnc(NC4CC4)nc32)c1. The topological polar surface area (TPSA) is 92.4 Å². The summed E-state index contributed by atoms with van der Waals surface area (Å²) in [5, 5.41) is 3.31. The van der Waals surface area contributed by atoms with E-state index in [1.807, 2.05) is 48.5 Å². The van der Waals surface area contributed by atoms with Crippen molar-refractivity contribution in [2.24, 2.45) is 0 Å². The lowest BCUT2D eigenvalue weighted by Crippen LogP contribution is -2.36. The molecule has 1 unspecified atom stereocenters. The third kappa shape index (κ3) is 3.65. The molecule has 4 aromatic rings.